The summed E-state index contributed by atoms with van der Waals surface area (Å²) in [6, 6.07) is 14.2. The lowest BCUT2D eigenvalue weighted by molar-refractivity contribution is -0.139. The number of amides is 2. The summed E-state index contributed by atoms with van der Waals surface area (Å²) in [5.41, 5.74) is 0.464. The smallest absolute Gasteiger partial charge is 0.264 e. The van der Waals surface area contributed by atoms with Crippen LogP contribution in [0.3, 0.4) is 0 Å². The Morgan fingerprint density at radius 2 is 1.55 bits per heavy atom. The fourth-order valence-corrected chi connectivity index (χ4v) is 5.97. The van der Waals surface area contributed by atoms with Crippen LogP contribution in [0.15, 0.2) is 71.6 Å². The van der Waals surface area contributed by atoms with E-state index in [0.717, 1.165) is 16.4 Å². The van der Waals surface area contributed by atoms with Gasteiger partial charge in [-0.3, -0.25) is 13.9 Å². The predicted molar refractivity (Wildman–Crippen MR) is 163 cm³/mol. The number of rotatable bonds is 13. The molecule has 0 unspecified atom stereocenters. The van der Waals surface area contributed by atoms with E-state index in [2.05, 4.69) is 5.32 Å². The van der Waals surface area contributed by atoms with Crippen molar-refractivity contribution >= 4 is 50.7 Å². The summed E-state index contributed by atoms with van der Waals surface area (Å²) in [5.74, 6) is -1.22. The monoisotopic (exact) mass is 637 g/mol. The average molecular weight is 639 g/mol. The zero-order chi connectivity index (χ0) is 31.0. The predicted octanol–water partition coefficient (Wildman–Crippen LogP) is 6.06. The van der Waals surface area contributed by atoms with Crippen LogP contribution < -0.4 is 14.4 Å². The number of nitrogens with zero attached hydrogens (tertiary/aromatic N) is 2. The van der Waals surface area contributed by atoms with E-state index >= 15 is 0 Å². The molecule has 1 N–H and O–H groups in total. The molecule has 3 rings (SSSR count). The molecule has 0 saturated carbocycles. The number of sulfonamides is 1. The molecule has 226 valence electrons. The number of hydrogen-bond acceptors (Lipinski definition) is 5. The van der Waals surface area contributed by atoms with E-state index < -0.39 is 40.2 Å². The van der Waals surface area contributed by atoms with Crippen LogP contribution in [0.5, 0.6) is 5.75 Å². The van der Waals surface area contributed by atoms with Crippen molar-refractivity contribution in [3.63, 3.8) is 0 Å². The molecule has 0 aromatic heterocycles. The van der Waals surface area contributed by atoms with E-state index in [9.17, 15) is 22.4 Å². The average Bonchev–Trinajstić information content (AvgIpc) is 2.96. The summed E-state index contributed by atoms with van der Waals surface area (Å²) >= 11 is 12.8. The Morgan fingerprint density at radius 1 is 0.952 bits per heavy atom. The molecule has 42 heavy (non-hydrogen) atoms. The largest absolute Gasteiger partial charge is 0.494 e. The summed E-state index contributed by atoms with van der Waals surface area (Å²) in [5, 5.41) is 3.43. The van der Waals surface area contributed by atoms with Gasteiger partial charge in [0, 0.05) is 28.2 Å². The number of ether oxygens (including phenoxy) is 1. The van der Waals surface area contributed by atoms with Gasteiger partial charge in [-0.05, 0) is 87.9 Å². The molecule has 0 saturated heterocycles. The second kappa shape index (κ2) is 14.7. The lowest BCUT2D eigenvalue weighted by atomic mass is 10.1. The van der Waals surface area contributed by atoms with Crippen molar-refractivity contribution in [2.24, 2.45) is 0 Å². The maximum absolute atomic E-state index is 14.0. The van der Waals surface area contributed by atoms with Gasteiger partial charge < -0.3 is 15.0 Å². The van der Waals surface area contributed by atoms with Crippen LogP contribution in [0.1, 0.15) is 39.7 Å². The molecule has 12 heteroatoms. The number of carbonyl (C=O) groups excluding carboxylic acids is 2. The molecular formula is C30H34Cl2FN3O5S. The van der Waals surface area contributed by atoms with E-state index in [1.807, 2.05) is 13.8 Å². The fraction of sp³-hybridized carbons (Fsp3) is 0.333. The van der Waals surface area contributed by atoms with Crippen molar-refractivity contribution in [3.8, 4) is 5.75 Å². The van der Waals surface area contributed by atoms with Crippen LogP contribution >= 0.6 is 23.2 Å². The molecule has 3 aromatic carbocycles. The highest BCUT2D eigenvalue weighted by Gasteiger charge is 2.33. The zero-order valence-electron chi connectivity index (χ0n) is 23.8. The quantitative estimate of drug-likeness (QED) is 0.246. The lowest BCUT2D eigenvalue weighted by Gasteiger charge is -2.32. The molecule has 0 heterocycles. The number of nitrogens with one attached hydrogen (secondary N) is 1. The molecule has 3 aromatic rings. The number of halogens is 3. The van der Waals surface area contributed by atoms with Crippen molar-refractivity contribution in [2.45, 2.75) is 57.6 Å². The normalized spacial score (nSPS) is 12.7. The van der Waals surface area contributed by atoms with Gasteiger partial charge in [-0.2, -0.15) is 0 Å². The molecule has 0 aliphatic heterocycles. The van der Waals surface area contributed by atoms with Crippen LogP contribution in [0, 0.1) is 5.82 Å². The molecule has 8 nitrogen and oxygen atoms in total. The van der Waals surface area contributed by atoms with Crippen molar-refractivity contribution in [2.75, 3.05) is 17.5 Å². The summed E-state index contributed by atoms with van der Waals surface area (Å²) in [6.45, 7) is 6.64. The van der Waals surface area contributed by atoms with E-state index in [1.165, 1.54) is 41.3 Å². The molecule has 0 aliphatic carbocycles. The molecule has 2 amide bonds. The minimum atomic E-state index is -4.33. The molecule has 2 atom stereocenters. The standard InChI is InChI=1S/C30H34Cl2FN3O5S/c1-5-20(3)34-30(38)21(4)35(18-26-27(31)8-7-9-28(26)32)29(37)19-36(23-12-10-22(33)11-13-23)42(39,40)25-16-14-24(15-17-25)41-6-2/h7-17,20-21H,5-6,18-19H2,1-4H3,(H,34,38)/t20-,21-/m0/s1. The van der Waals surface area contributed by atoms with Crippen LogP contribution in [0.2, 0.25) is 10.0 Å². The molecule has 0 spiro atoms. The first-order valence-electron chi connectivity index (χ1n) is 13.4. The maximum atomic E-state index is 14.0. The molecule has 0 aliphatic rings. The van der Waals surface area contributed by atoms with Crippen molar-refractivity contribution < 1.29 is 27.1 Å². The number of anilines is 1. The zero-order valence-corrected chi connectivity index (χ0v) is 26.1. The van der Waals surface area contributed by atoms with Crippen LogP contribution in [0.25, 0.3) is 0 Å². The Morgan fingerprint density at radius 3 is 2.10 bits per heavy atom. The third-order valence-electron chi connectivity index (χ3n) is 6.67. The highest BCUT2D eigenvalue weighted by atomic mass is 35.5. The highest BCUT2D eigenvalue weighted by Crippen LogP contribution is 2.29. The maximum Gasteiger partial charge on any atom is 0.264 e. The van der Waals surface area contributed by atoms with Gasteiger partial charge >= 0.3 is 0 Å². The van der Waals surface area contributed by atoms with Gasteiger partial charge in [0.2, 0.25) is 11.8 Å². The van der Waals surface area contributed by atoms with Crippen molar-refractivity contribution in [1.82, 2.24) is 10.2 Å². The van der Waals surface area contributed by atoms with Crippen LogP contribution in [-0.4, -0.2) is 50.4 Å². The number of hydrogen-bond donors (Lipinski definition) is 1. The number of benzene rings is 3. The van der Waals surface area contributed by atoms with E-state index in [-0.39, 0.29) is 33.2 Å². The van der Waals surface area contributed by atoms with Gasteiger partial charge in [-0.25, -0.2) is 12.8 Å². The van der Waals surface area contributed by atoms with Crippen LogP contribution in [0.4, 0.5) is 10.1 Å². The molecule has 0 fully saturated rings. The van der Waals surface area contributed by atoms with Gasteiger partial charge in [0.25, 0.3) is 10.0 Å². The second-order valence-electron chi connectivity index (χ2n) is 9.61. The van der Waals surface area contributed by atoms with Crippen LogP contribution in [-0.2, 0) is 26.2 Å². The SMILES string of the molecule is CCOc1ccc(S(=O)(=O)N(CC(=O)N(Cc2c(Cl)cccc2Cl)[C@@H](C)C(=O)N[C@@H](C)CC)c2ccc(F)cc2)cc1. The summed E-state index contributed by atoms with van der Waals surface area (Å²) in [7, 11) is -4.33. The Balaban J connectivity index is 2.05. The summed E-state index contributed by atoms with van der Waals surface area (Å²) in [4.78, 5) is 28.3. The van der Waals surface area contributed by atoms with E-state index in [1.54, 1.807) is 32.0 Å². The minimum absolute atomic E-state index is 0.0612. The Hall–Kier alpha value is -3.34. The summed E-state index contributed by atoms with van der Waals surface area (Å²) < 4.78 is 47.9. The third kappa shape index (κ3) is 8.14. The van der Waals surface area contributed by atoms with Crippen molar-refractivity contribution in [3.05, 3.63) is 88.2 Å². The molecule has 0 bridgehead atoms. The first-order valence-corrected chi connectivity index (χ1v) is 15.6. The third-order valence-corrected chi connectivity index (χ3v) is 9.17. The Labute approximate surface area is 256 Å². The van der Waals surface area contributed by atoms with Gasteiger partial charge in [-0.15, -0.1) is 0 Å². The van der Waals surface area contributed by atoms with E-state index in [4.69, 9.17) is 27.9 Å². The highest BCUT2D eigenvalue weighted by molar-refractivity contribution is 7.92. The van der Waals surface area contributed by atoms with Gasteiger partial charge in [0.05, 0.1) is 17.2 Å². The number of carbonyl (C=O) groups is 2. The molecular weight excluding hydrogens is 604 g/mol. The van der Waals surface area contributed by atoms with E-state index in [0.29, 0.717) is 24.3 Å². The molecule has 0 radical (unpaired) electrons. The fourth-order valence-electron chi connectivity index (χ4n) is 4.04. The summed E-state index contributed by atoms with van der Waals surface area (Å²) in [6.07, 6.45) is 0.668. The van der Waals surface area contributed by atoms with Gasteiger partial charge in [0.1, 0.15) is 24.2 Å². The van der Waals surface area contributed by atoms with Gasteiger partial charge in [0.15, 0.2) is 0 Å². The topological polar surface area (TPSA) is 96.0 Å². The minimum Gasteiger partial charge on any atom is -0.494 e. The Kier molecular flexibility index (Phi) is 11.6. The first kappa shape index (κ1) is 33.2. The first-order chi connectivity index (χ1) is 19.9. The Bertz CT molecular complexity index is 1470. The second-order valence-corrected chi connectivity index (χ2v) is 12.3. The lowest BCUT2D eigenvalue weighted by Crippen LogP contribution is -2.52. The van der Waals surface area contributed by atoms with Crippen molar-refractivity contribution in [1.29, 1.82) is 0 Å². The van der Waals surface area contributed by atoms with Gasteiger partial charge in [-0.1, -0.05) is 36.2 Å².